The first-order chi connectivity index (χ1) is 11.6. The highest BCUT2D eigenvalue weighted by atomic mass is 79.9. The Balaban J connectivity index is 1.59. The molecule has 0 amide bonds. The van der Waals surface area contributed by atoms with Crippen LogP contribution in [0, 0.1) is 11.8 Å². The van der Waals surface area contributed by atoms with Gasteiger partial charge in [0.15, 0.2) is 5.82 Å². The molecular formula is C18H21BrN4S. The molecule has 0 bridgehead atoms. The van der Waals surface area contributed by atoms with Gasteiger partial charge in [-0.05, 0) is 30.4 Å². The predicted molar refractivity (Wildman–Crippen MR) is 102 cm³/mol. The van der Waals surface area contributed by atoms with Crippen molar-refractivity contribution >= 4 is 32.2 Å². The van der Waals surface area contributed by atoms with Crippen LogP contribution in [0.2, 0.25) is 0 Å². The van der Waals surface area contributed by atoms with Crippen LogP contribution in [0.5, 0.6) is 0 Å². The van der Waals surface area contributed by atoms with Gasteiger partial charge in [-0.1, -0.05) is 53.2 Å². The number of thiazole rings is 1. The fraction of sp³-hybridized carbons (Fsp3) is 0.444. The van der Waals surface area contributed by atoms with Crippen molar-refractivity contribution in [1.29, 1.82) is 0 Å². The van der Waals surface area contributed by atoms with Crippen LogP contribution in [0.1, 0.15) is 25.1 Å². The second-order valence-corrected chi connectivity index (χ2v) is 9.03. The minimum absolute atomic E-state index is 0.790. The Labute approximate surface area is 154 Å². The summed E-state index contributed by atoms with van der Waals surface area (Å²) in [5.41, 5.74) is 1.09. The number of piperidine rings is 1. The highest BCUT2D eigenvalue weighted by Crippen LogP contribution is 2.28. The minimum Gasteiger partial charge on any atom is -0.298 e. The van der Waals surface area contributed by atoms with E-state index in [1.807, 2.05) is 12.1 Å². The van der Waals surface area contributed by atoms with Gasteiger partial charge < -0.3 is 0 Å². The molecule has 6 heteroatoms. The largest absolute Gasteiger partial charge is 0.298 e. The van der Waals surface area contributed by atoms with E-state index in [2.05, 4.69) is 67.6 Å². The minimum atomic E-state index is 0.790. The van der Waals surface area contributed by atoms with Crippen molar-refractivity contribution in [2.75, 3.05) is 13.1 Å². The van der Waals surface area contributed by atoms with Crippen LogP contribution in [-0.4, -0.2) is 32.6 Å². The molecule has 2 aromatic heterocycles. The molecule has 4 nitrogen and oxygen atoms in total. The Hall–Kier alpha value is -1.24. The summed E-state index contributed by atoms with van der Waals surface area (Å²) in [5.74, 6) is 2.50. The lowest BCUT2D eigenvalue weighted by Gasteiger charge is -2.34. The third-order valence-electron chi connectivity index (χ3n) is 4.59. The van der Waals surface area contributed by atoms with E-state index in [4.69, 9.17) is 0 Å². The molecule has 126 valence electrons. The molecule has 0 spiro atoms. The Morgan fingerprint density at radius 2 is 1.83 bits per heavy atom. The number of halogens is 1. The van der Waals surface area contributed by atoms with Crippen LogP contribution in [0.3, 0.4) is 0 Å². The Morgan fingerprint density at radius 1 is 1.12 bits per heavy atom. The van der Waals surface area contributed by atoms with Gasteiger partial charge in [-0.15, -0.1) is 10.2 Å². The van der Waals surface area contributed by atoms with E-state index < -0.39 is 0 Å². The van der Waals surface area contributed by atoms with Gasteiger partial charge >= 0.3 is 0 Å². The fourth-order valence-electron chi connectivity index (χ4n) is 3.76. The summed E-state index contributed by atoms with van der Waals surface area (Å²) in [6, 6.07) is 8.23. The summed E-state index contributed by atoms with van der Waals surface area (Å²) >= 11 is 5.23. The lowest BCUT2D eigenvalue weighted by atomic mass is 9.92. The van der Waals surface area contributed by atoms with Crippen molar-refractivity contribution in [2.24, 2.45) is 11.8 Å². The molecule has 3 aromatic rings. The first-order valence-corrected chi connectivity index (χ1v) is 10.0. The van der Waals surface area contributed by atoms with E-state index >= 15 is 0 Å². The molecule has 2 atom stereocenters. The Morgan fingerprint density at radius 3 is 2.54 bits per heavy atom. The smallest absolute Gasteiger partial charge is 0.216 e. The molecule has 0 radical (unpaired) electrons. The molecule has 1 aliphatic heterocycles. The zero-order valence-corrected chi connectivity index (χ0v) is 16.3. The number of hydrogen-bond acceptors (Lipinski definition) is 4. The number of likely N-dealkylation sites (tertiary alicyclic amines) is 1. The van der Waals surface area contributed by atoms with Gasteiger partial charge in [0.1, 0.15) is 0 Å². The van der Waals surface area contributed by atoms with Crippen LogP contribution in [0.15, 0.2) is 34.9 Å². The number of rotatable bonds is 3. The number of hydrogen-bond donors (Lipinski definition) is 0. The summed E-state index contributed by atoms with van der Waals surface area (Å²) in [6.45, 7) is 8.13. The summed E-state index contributed by atoms with van der Waals surface area (Å²) in [5, 5.41) is 8.72. The third kappa shape index (κ3) is 3.27. The lowest BCUT2D eigenvalue weighted by molar-refractivity contribution is 0.135. The maximum Gasteiger partial charge on any atom is 0.216 e. The topological polar surface area (TPSA) is 33.4 Å². The molecule has 0 aliphatic carbocycles. The van der Waals surface area contributed by atoms with Gasteiger partial charge in [0, 0.05) is 40.7 Å². The average molecular weight is 405 g/mol. The summed E-state index contributed by atoms with van der Waals surface area (Å²) in [7, 11) is 0. The van der Waals surface area contributed by atoms with Crippen LogP contribution in [-0.2, 0) is 6.54 Å². The normalized spacial score (nSPS) is 22.3. The molecule has 1 fully saturated rings. The van der Waals surface area contributed by atoms with E-state index in [0.717, 1.165) is 39.2 Å². The van der Waals surface area contributed by atoms with Gasteiger partial charge in [-0.3, -0.25) is 9.30 Å². The van der Waals surface area contributed by atoms with E-state index in [1.54, 1.807) is 11.3 Å². The summed E-state index contributed by atoms with van der Waals surface area (Å²) in [4.78, 5) is 4.91. The second-order valence-electron chi connectivity index (χ2n) is 7.02. The van der Waals surface area contributed by atoms with E-state index in [0.29, 0.717) is 0 Å². The highest BCUT2D eigenvalue weighted by Gasteiger charge is 2.22. The lowest BCUT2D eigenvalue weighted by Crippen LogP contribution is -2.37. The summed E-state index contributed by atoms with van der Waals surface area (Å²) < 4.78 is 3.20. The van der Waals surface area contributed by atoms with Crippen molar-refractivity contribution < 1.29 is 0 Å². The Bertz CT molecular complexity index is 828. The van der Waals surface area contributed by atoms with Crippen LogP contribution in [0.4, 0.5) is 0 Å². The molecule has 0 saturated carbocycles. The zero-order chi connectivity index (χ0) is 16.7. The van der Waals surface area contributed by atoms with Crippen molar-refractivity contribution in [3.63, 3.8) is 0 Å². The molecule has 0 unspecified atom stereocenters. The molecule has 1 aromatic carbocycles. The third-order valence-corrected chi connectivity index (χ3v) is 6.07. The van der Waals surface area contributed by atoms with Crippen LogP contribution < -0.4 is 0 Å². The predicted octanol–water partition coefficient (Wildman–Crippen LogP) is 4.70. The van der Waals surface area contributed by atoms with Gasteiger partial charge in [0.05, 0.1) is 0 Å². The van der Waals surface area contributed by atoms with Gasteiger partial charge in [0.25, 0.3) is 0 Å². The van der Waals surface area contributed by atoms with Crippen LogP contribution >= 0.6 is 27.3 Å². The van der Waals surface area contributed by atoms with Crippen LogP contribution in [0.25, 0.3) is 16.3 Å². The molecule has 1 aliphatic rings. The van der Waals surface area contributed by atoms with Crippen molar-refractivity contribution in [3.8, 4) is 11.4 Å². The first kappa shape index (κ1) is 16.2. The van der Waals surface area contributed by atoms with Gasteiger partial charge in [0.2, 0.25) is 4.96 Å². The first-order valence-electron chi connectivity index (χ1n) is 8.40. The highest BCUT2D eigenvalue weighted by molar-refractivity contribution is 9.10. The maximum absolute atomic E-state index is 4.36. The van der Waals surface area contributed by atoms with Crippen molar-refractivity contribution in [2.45, 2.75) is 26.8 Å². The fourth-order valence-corrected chi connectivity index (χ4v) is 4.98. The van der Waals surface area contributed by atoms with E-state index in [1.165, 1.54) is 24.4 Å². The molecule has 24 heavy (non-hydrogen) atoms. The number of aromatic nitrogens is 3. The zero-order valence-electron chi connectivity index (χ0n) is 13.9. The van der Waals surface area contributed by atoms with E-state index in [9.17, 15) is 0 Å². The molecular weight excluding hydrogens is 384 g/mol. The number of nitrogens with zero attached hydrogens (tertiary/aromatic N) is 4. The van der Waals surface area contributed by atoms with E-state index in [-0.39, 0.29) is 0 Å². The molecule has 4 rings (SSSR count). The van der Waals surface area contributed by atoms with Gasteiger partial charge in [-0.25, -0.2) is 0 Å². The standard InChI is InChI=1S/C18H21BrN4S/c1-12-7-13(2)9-22(8-12)10-16-11-23-17(20-21-18(23)24-16)14-3-5-15(19)6-4-14/h3-6,11-13H,7-10H2,1-2H3/t12-,13-/m1/s1. The number of fused-ring (bicyclic) bond motifs is 1. The Kier molecular flexibility index (Phi) is 4.45. The summed E-state index contributed by atoms with van der Waals surface area (Å²) in [6.07, 6.45) is 3.56. The van der Waals surface area contributed by atoms with Gasteiger partial charge in [-0.2, -0.15) is 0 Å². The monoisotopic (exact) mass is 404 g/mol. The quantitative estimate of drug-likeness (QED) is 0.634. The molecule has 1 saturated heterocycles. The SMILES string of the molecule is C[C@@H]1C[C@@H](C)CN(Cc2cn3c(-c4ccc(Br)cc4)nnc3s2)C1. The average Bonchev–Trinajstić information content (AvgIpc) is 3.07. The maximum atomic E-state index is 4.36. The van der Waals surface area contributed by atoms with Crippen molar-refractivity contribution in [1.82, 2.24) is 19.5 Å². The number of benzene rings is 1. The second kappa shape index (κ2) is 6.58. The molecule has 0 N–H and O–H groups in total. The molecule has 3 heterocycles. The van der Waals surface area contributed by atoms with Crippen molar-refractivity contribution in [3.05, 3.63) is 39.8 Å².